The summed E-state index contributed by atoms with van der Waals surface area (Å²) in [4.78, 5) is 33.6. The van der Waals surface area contributed by atoms with E-state index in [1.807, 2.05) is 0 Å². The number of rotatable bonds is 6. The first-order valence-electron chi connectivity index (χ1n) is 6.13. The van der Waals surface area contributed by atoms with Gasteiger partial charge in [0.1, 0.15) is 0 Å². The average molecular weight is 257 g/mol. The van der Waals surface area contributed by atoms with E-state index in [-0.39, 0.29) is 18.3 Å². The summed E-state index contributed by atoms with van der Waals surface area (Å²) in [5.74, 6) is -2.42. The Hall–Kier alpha value is -1.59. The van der Waals surface area contributed by atoms with Gasteiger partial charge in [-0.2, -0.15) is 0 Å². The molecular weight excluding hydrogens is 238 g/mol. The van der Waals surface area contributed by atoms with Gasteiger partial charge in [-0.05, 0) is 19.3 Å². The third kappa shape index (κ3) is 4.01. The summed E-state index contributed by atoms with van der Waals surface area (Å²) >= 11 is 0. The number of hydrogen-bond donors (Lipinski definition) is 2. The Morgan fingerprint density at radius 2 is 1.94 bits per heavy atom. The van der Waals surface area contributed by atoms with Gasteiger partial charge in [0.15, 0.2) is 0 Å². The first-order chi connectivity index (χ1) is 8.56. The predicted octanol–water partition coefficient (Wildman–Crippen LogP) is 0.557. The Labute approximate surface area is 106 Å². The maximum atomic E-state index is 11.8. The lowest BCUT2D eigenvalue weighted by Crippen LogP contribution is -2.35. The highest BCUT2D eigenvalue weighted by Crippen LogP contribution is 2.31. The fourth-order valence-corrected chi connectivity index (χ4v) is 2.25. The first-order valence-corrected chi connectivity index (χ1v) is 6.13. The summed E-state index contributed by atoms with van der Waals surface area (Å²) in [5.41, 5.74) is 0. The zero-order valence-electron chi connectivity index (χ0n) is 10.5. The standard InChI is InChI=1S/C12H19NO5/c1-18-10(14)6-3-7-13-11(15)8-4-2-5-9(8)12(16)17/h8-9H,2-7H2,1H3,(H,13,15)(H,16,17)/t8-,9+/m1/s1. The van der Waals surface area contributed by atoms with Gasteiger partial charge in [0, 0.05) is 13.0 Å². The summed E-state index contributed by atoms with van der Waals surface area (Å²) in [6.45, 7) is 0.372. The maximum Gasteiger partial charge on any atom is 0.307 e. The highest BCUT2D eigenvalue weighted by molar-refractivity contribution is 5.85. The quantitative estimate of drug-likeness (QED) is 0.535. The largest absolute Gasteiger partial charge is 0.481 e. The Balaban J connectivity index is 2.28. The van der Waals surface area contributed by atoms with Crippen molar-refractivity contribution < 1.29 is 24.2 Å². The molecule has 2 N–H and O–H groups in total. The molecule has 0 radical (unpaired) electrons. The van der Waals surface area contributed by atoms with E-state index < -0.39 is 17.8 Å². The van der Waals surface area contributed by atoms with Gasteiger partial charge in [-0.3, -0.25) is 14.4 Å². The lowest BCUT2D eigenvalue weighted by Gasteiger charge is -2.15. The van der Waals surface area contributed by atoms with Crippen molar-refractivity contribution in [2.24, 2.45) is 11.8 Å². The predicted molar refractivity (Wildman–Crippen MR) is 62.7 cm³/mol. The van der Waals surface area contributed by atoms with Crippen molar-refractivity contribution in [2.75, 3.05) is 13.7 Å². The minimum atomic E-state index is -0.901. The van der Waals surface area contributed by atoms with Crippen LogP contribution in [0.25, 0.3) is 0 Å². The average Bonchev–Trinajstić information content (AvgIpc) is 2.83. The van der Waals surface area contributed by atoms with Crippen LogP contribution in [0.15, 0.2) is 0 Å². The van der Waals surface area contributed by atoms with Crippen LogP contribution in [0.1, 0.15) is 32.1 Å². The number of methoxy groups -OCH3 is 1. The minimum Gasteiger partial charge on any atom is -0.481 e. The van der Waals surface area contributed by atoms with Crippen LogP contribution in [-0.2, 0) is 19.1 Å². The van der Waals surface area contributed by atoms with E-state index in [2.05, 4.69) is 10.1 Å². The molecule has 6 nitrogen and oxygen atoms in total. The summed E-state index contributed by atoms with van der Waals surface area (Å²) in [6, 6.07) is 0. The molecule has 0 aromatic carbocycles. The van der Waals surface area contributed by atoms with Crippen LogP contribution in [0, 0.1) is 11.8 Å². The molecule has 0 aromatic heterocycles. The van der Waals surface area contributed by atoms with Gasteiger partial charge in [-0.15, -0.1) is 0 Å². The lowest BCUT2D eigenvalue weighted by molar-refractivity contribution is -0.146. The third-order valence-electron chi connectivity index (χ3n) is 3.25. The molecule has 0 bridgehead atoms. The van der Waals surface area contributed by atoms with Gasteiger partial charge < -0.3 is 15.2 Å². The zero-order valence-corrected chi connectivity index (χ0v) is 10.5. The number of nitrogens with one attached hydrogen (secondary N) is 1. The molecule has 0 aliphatic heterocycles. The fraction of sp³-hybridized carbons (Fsp3) is 0.750. The number of esters is 1. The molecule has 6 heteroatoms. The number of carbonyl (C=O) groups excluding carboxylic acids is 2. The van der Waals surface area contributed by atoms with Crippen molar-refractivity contribution >= 4 is 17.8 Å². The first kappa shape index (κ1) is 14.5. The summed E-state index contributed by atoms with van der Waals surface area (Å²) in [5, 5.41) is 11.6. The third-order valence-corrected chi connectivity index (χ3v) is 3.25. The van der Waals surface area contributed by atoms with Gasteiger partial charge in [-0.25, -0.2) is 0 Å². The van der Waals surface area contributed by atoms with Crippen molar-refractivity contribution in [3.05, 3.63) is 0 Å². The Morgan fingerprint density at radius 3 is 2.56 bits per heavy atom. The van der Waals surface area contributed by atoms with Crippen LogP contribution in [0.4, 0.5) is 0 Å². The van der Waals surface area contributed by atoms with E-state index in [9.17, 15) is 14.4 Å². The van der Waals surface area contributed by atoms with Crippen LogP contribution in [0.2, 0.25) is 0 Å². The van der Waals surface area contributed by atoms with Crippen molar-refractivity contribution in [1.29, 1.82) is 0 Å². The number of hydrogen-bond acceptors (Lipinski definition) is 4. The number of carbonyl (C=O) groups is 3. The molecule has 1 aliphatic carbocycles. The van der Waals surface area contributed by atoms with Crippen LogP contribution in [0.5, 0.6) is 0 Å². The van der Waals surface area contributed by atoms with E-state index in [4.69, 9.17) is 5.11 Å². The summed E-state index contributed by atoms with van der Waals surface area (Å²) < 4.78 is 4.48. The Kier molecular flexibility index (Phi) is 5.61. The van der Waals surface area contributed by atoms with Crippen molar-refractivity contribution in [1.82, 2.24) is 5.32 Å². The summed E-state index contributed by atoms with van der Waals surface area (Å²) in [7, 11) is 1.32. The number of aliphatic carboxylic acids is 1. The minimum absolute atomic E-state index is 0.218. The normalized spacial score (nSPS) is 22.5. The molecule has 18 heavy (non-hydrogen) atoms. The molecule has 2 atom stereocenters. The molecule has 1 fully saturated rings. The number of carboxylic acid groups (broad SMARTS) is 1. The second-order valence-corrected chi connectivity index (χ2v) is 4.45. The maximum absolute atomic E-state index is 11.8. The number of carboxylic acids is 1. The van der Waals surface area contributed by atoms with E-state index in [0.29, 0.717) is 25.8 Å². The van der Waals surface area contributed by atoms with Gasteiger partial charge in [0.25, 0.3) is 0 Å². The van der Waals surface area contributed by atoms with Crippen LogP contribution in [0.3, 0.4) is 0 Å². The van der Waals surface area contributed by atoms with Crippen LogP contribution in [-0.4, -0.2) is 36.6 Å². The Bertz CT molecular complexity index is 328. The van der Waals surface area contributed by atoms with Gasteiger partial charge >= 0.3 is 11.9 Å². The number of amides is 1. The zero-order chi connectivity index (χ0) is 13.5. The second-order valence-electron chi connectivity index (χ2n) is 4.45. The smallest absolute Gasteiger partial charge is 0.307 e. The van der Waals surface area contributed by atoms with E-state index >= 15 is 0 Å². The van der Waals surface area contributed by atoms with Crippen LogP contribution >= 0.6 is 0 Å². The second kappa shape index (κ2) is 6.98. The van der Waals surface area contributed by atoms with E-state index in [1.54, 1.807) is 0 Å². The lowest BCUT2D eigenvalue weighted by atomic mass is 9.95. The topological polar surface area (TPSA) is 92.7 Å². The monoisotopic (exact) mass is 257 g/mol. The molecule has 0 spiro atoms. The molecule has 0 saturated heterocycles. The molecule has 102 valence electrons. The SMILES string of the molecule is COC(=O)CCCNC(=O)[C@@H]1CCC[C@@H]1C(=O)O. The van der Waals surface area contributed by atoms with Gasteiger partial charge in [0.2, 0.25) is 5.91 Å². The molecule has 1 saturated carbocycles. The number of ether oxygens (including phenoxy) is 1. The molecule has 1 rings (SSSR count). The van der Waals surface area contributed by atoms with Crippen molar-refractivity contribution in [3.8, 4) is 0 Å². The van der Waals surface area contributed by atoms with Crippen molar-refractivity contribution in [3.63, 3.8) is 0 Å². The highest BCUT2D eigenvalue weighted by atomic mass is 16.5. The van der Waals surface area contributed by atoms with Gasteiger partial charge in [0.05, 0.1) is 18.9 Å². The summed E-state index contributed by atoms with van der Waals surface area (Å²) in [6.07, 6.45) is 2.72. The molecule has 1 amide bonds. The molecule has 1 aliphatic rings. The fourth-order valence-electron chi connectivity index (χ4n) is 2.25. The highest BCUT2D eigenvalue weighted by Gasteiger charge is 2.37. The van der Waals surface area contributed by atoms with Crippen molar-refractivity contribution in [2.45, 2.75) is 32.1 Å². The van der Waals surface area contributed by atoms with E-state index in [0.717, 1.165) is 6.42 Å². The Morgan fingerprint density at radius 1 is 1.28 bits per heavy atom. The van der Waals surface area contributed by atoms with E-state index in [1.165, 1.54) is 7.11 Å². The molecule has 0 unspecified atom stereocenters. The van der Waals surface area contributed by atoms with Crippen LogP contribution < -0.4 is 5.32 Å². The molecule has 0 heterocycles. The van der Waals surface area contributed by atoms with Gasteiger partial charge in [-0.1, -0.05) is 6.42 Å². The molecular formula is C12H19NO5. The molecule has 0 aromatic rings.